The SMILES string of the molecule is COC(=O)[C@H](C[C@@H]1CCCCC1=O)NC(=O)[C@@H](CC(=O)[C@@H](Cc1cccc2ccccc12)NC(=O)c1cc(C)on1)CC(C)C. The number of nitrogens with zero attached hydrogens (tertiary/aromatic N) is 1. The van der Waals surface area contributed by atoms with Crippen LogP contribution in [-0.2, 0) is 30.3 Å². The predicted octanol–water partition coefficient (Wildman–Crippen LogP) is 4.91. The molecule has 1 aliphatic rings. The molecule has 0 radical (unpaired) electrons. The van der Waals surface area contributed by atoms with Gasteiger partial charge in [0.05, 0.1) is 13.2 Å². The molecule has 0 spiro atoms. The normalized spacial score (nSPS) is 17.0. The zero-order valence-corrected chi connectivity index (χ0v) is 26.5. The third-order valence-corrected chi connectivity index (χ3v) is 8.44. The first-order chi connectivity index (χ1) is 21.5. The Morgan fingerprint density at radius 2 is 1.78 bits per heavy atom. The summed E-state index contributed by atoms with van der Waals surface area (Å²) in [6, 6.07) is 13.1. The topological polar surface area (TPSA) is 145 Å². The molecule has 1 heterocycles. The van der Waals surface area contributed by atoms with Crippen molar-refractivity contribution in [2.75, 3.05) is 7.11 Å². The van der Waals surface area contributed by atoms with Crippen LogP contribution >= 0.6 is 0 Å². The summed E-state index contributed by atoms with van der Waals surface area (Å²) in [5.74, 6) is -2.45. The Morgan fingerprint density at radius 1 is 1.02 bits per heavy atom. The van der Waals surface area contributed by atoms with Crippen molar-refractivity contribution >= 4 is 40.1 Å². The van der Waals surface area contributed by atoms with Gasteiger partial charge in [0.2, 0.25) is 5.91 Å². The van der Waals surface area contributed by atoms with Gasteiger partial charge in [-0.25, -0.2) is 4.79 Å². The van der Waals surface area contributed by atoms with Gasteiger partial charge in [0.25, 0.3) is 5.91 Å². The molecule has 1 fully saturated rings. The Kier molecular flexibility index (Phi) is 11.6. The lowest BCUT2D eigenvalue weighted by Crippen LogP contribution is -2.48. The number of rotatable bonds is 14. The highest BCUT2D eigenvalue weighted by atomic mass is 16.5. The van der Waals surface area contributed by atoms with Crippen LogP contribution in [0.3, 0.4) is 0 Å². The highest BCUT2D eigenvalue weighted by Crippen LogP contribution is 2.26. The van der Waals surface area contributed by atoms with E-state index in [1.54, 1.807) is 6.92 Å². The fourth-order valence-corrected chi connectivity index (χ4v) is 6.11. The molecule has 240 valence electrons. The molecule has 4 atom stereocenters. The molecule has 2 N–H and O–H groups in total. The number of nitrogens with one attached hydrogen (secondary N) is 2. The van der Waals surface area contributed by atoms with E-state index in [0.717, 1.165) is 29.2 Å². The second kappa shape index (κ2) is 15.6. The first-order valence-corrected chi connectivity index (χ1v) is 15.7. The molecule has 0 bridgehead atoms. The van der Waals surface area contributed by atoms with Crippen molar-refractivity contribution in [3.05, 3.63) is 65.5 Å². The molecular weight excluding hydrogens is 574 g/mol. The minimum absolute atomic E-state index is 0.0536. The number of methoxy groups -OCH3 is 1. The van der Waals surface area contributed by atoms with Crippen LogP contribution in [0.25, 0.3) is 10.8 Å². The molecule has 1 aromatic heterocycles. The number of Topliss-reactive ketones (excluding diaryl/α,β-unsaturated/α-hetero) is 2. The summed E-state index contributed by atoms with van der Waals surface area (Å²) in [6.07, 6.45) is 3.44. The maximum atomic E-state index is 14.0. The number of esters is 1. The highest BCUT2D eigenvalue weighted by Gasteiger charge is 2.34. The second-order valence-corrected chi connectivity index (χ2v) is 12.4. The third kappa shape index (κ3) is 9.09. The first-order valence-electron chi connectivity index (χ1n) is 15.7. The lowest BCUT2D eigenvalue weighted by molar-refractivity contribution is -0.146. The number of hydrogen-bond acceptors (Lipinski definition) is 8. The van der Waals surface area contributed by atoms with Gasteiger partial charge in [-0.1, -0.05) is 67.9 Å². The Bertz CT molecular complexity index is 1520. The van der Waals surface area contributed by atoms with Crippen molar-refractivity contribution in [2.24, 2.45) is 17.8 Å². The number of aryl methyl sites for hydroxylation is 1. The third-order valence-electron chi connectivity index (χ3n) is 8.44. The van der Waals surface area contributed by atoms with Crippen LogP contribution < -0.4 is 10.6 Å². The van der Waals surface area contributed by atoms with Gasteiger partial charge in [-0.05, 0) is 54.9 Å². The molecule has 0 saturated heterocycles. The minimum Gasteiger partial charge on any atom is -0.467 e. The van der Waals surface area contributed by atoms with Crippen molar-refractivity contribution in [3.8, 4) is 0 Å². The summed E-state index contributed by atoms with van der Waals surface area (Å²) in [5.41, 5.74) is 0.925. The van der Waals surface area contributed by atoms with E-state index >= 15 is 0 Å². The van der Waals surface area contributed by atoms with Crippen LogP contribution in [0, 0.1) is 24.7 Å². The van der Waals surface area contributed by atoms with E-state index in [9.17, 15) is 24.0 Å². The first kappa shape index (κ1) is 33.6. The summed E-state index contributed by atoms with van der Waals surface area (Å²) in [7, 11) is 1.25. The van der Waals surface area contributed by atoms with Gasteiger partial charge >= 0.3 is 5.97 Å². The minimum atomic E-state index is -0.999. The summed E-state index contributed by atoms with van der Waals surface area (Å²) in [4.78, 5) is 66.1. The molecule has 3 aromatic rings. The van der Waals surface area contributed by atoms with E-state index in [0.29, 0.717) is 25.0 Å². The number of hydrogen-bond donors (Lipinski definition) is 2. The molecule has 10 heteroatoms. The quantitative estimate of drug-likeness (QED) is 0.243. The van der Waals surface area contributed by atoms with E-state index < -0.39 is 35.8 Å². The van der Waals surface area contributed by atoms with Crippen LogP contribution in [0.15, 0.2) is 53.1 Å². The van der Waals surface area contributed by atoms with Crippen LogP contribution in [0.4, 0.5) is 0 Å². The van der Waals surface area contributed by atoms with E-state index in [-0.39, 0.29) is 48.4 Å². The zero-order valence-electron chi connectivity index (χ0n) is 26.5. The molecule has 0 unspecified atom stereocenters. The number of carbonyl (C=O) groups excluding carboxylic acids is 5. The van der Waals surface area contributed by atoms with Crippen molar-refractivity contribution in [2.45, 2.75) is 84.2 Å². The average Bonchev–Trinajstić information content (AvgIpc) is 3.46. The second-order valence-electron chi connectivity index (χ2n) is 12.4. The molecule has 1 saturated carbocycles. The number of benzene rings is 2. The molecule has 2 amide bonds. The van der Waals surface area contributed by atoms with Crippen LogP contribution in [0.2, 0.25) is 0 Å². The molecule has 10 nitrogen and oxygen atoms in total. The van der Waals surface area contributed by atoms with E-state index in [1.165, 1.54) is 13.2 Å². The highest BCUT2D eigenvalue weighted by molar-refractivity contribution is 5.98. The van der Waals surface area contributed by atoms with Crippen molar-refractivity contribution < 1.29 is 33.2 Å². The van der Waals surface area contributed by atoms with Gasteiger partial charge < -0.3 is 19.9 Å². The zero-order chi connectivity index (χ0) is 32.5. The molecule has 0 aliphatic heterocycles. The van der Waals surface area contributed by atoms with Gasteiger partial charge in [0.15, 0.2) is 11.5 Å². The van der Waals surface area contributed by atoms with E-state index in [1.807, 2.05) is 56.3 Å². The summed E-state index contributed by atoms with van der Waals surface area (Å²) in [6.45, 7) is 5.57. The van der Waals surface area contributed by atoms with Gasteiger partial charge in [-0.2, -0.15) is 0 Å². The summed E-state index contributed by atoms with van der Waals surface area (Å²) < 4.78 is 10.0. The standard InChI is InChI=1S/C35H43N3O7/c1-21(2)16-26(33(41)37-30(35(43)44-4)19-25-11-6-8-15-31(25)39)20-32(40)28(36-34(42)29-17-22(3)45-38-29)18-24-13-9-12-23-10-5-7-14-27(23)24/h5,7,9-10,12-14,17,21,25-26,28,30H,6,8,11,15-16,18-20H2,1-4H3,(H,36,42)(H,37,41)/t25-,26+,28+,30-/m0/s1. The smallest absolute Gasteiger partial charge is 0.328 e. The van der Waals surface area contributed by atoms with Gasteiger partial charge in [-0.15, -0.1) is 0 Å². The van der Waals surface area contributed by atoms with Crippen LogP contribution in [0.1, 0.15) is 80.6 Å². The fraction of sp³-hybridized carbons (Fsp3) is 0.486. The Morgan fingerprint density at radius 3 is 2.47 bits per heavy atom. The number of aromatic nitrogens is 1. The lowest BCUT2D eigenvalue weighted by atomic mass is 9.83. The Balaban J connectivity index is 1.56. The van der Waals surface area contributed by atoms with E-state index in [2.05, 4.69) is 15.8 Å². The molecule has 1 aliphatic carbocycles. The predicted molar refractivity (Wildman–Crippen MR) is 168 cm³/mol. The summed E-state index contributed by atoms with van der Waals surface area (Å²) in [5, 5.41) is 11.4. The maximum Gasteiger partial charge on any atom is 0.328 e. The van der Waals surface area contributed by atoms with Crippen molar-refractivity contribution in [1.29, 1.82) is 0 Å². The van der Waals surface area contributed by atoms with Crippen LogP contribution in [-0.4, -0.2) is 53.7 Å². The number of ether oxygens (including phenoxy) is 1. The number of amides is 2. The average molecular weight is 618 g/mol. The van der Waals surface area contributed by atoms with Crippen molar-refractivity contribution in [1.82, 2.24) is 15.8 Å². The monoisotopic (exact) mass is 617 g/mol. The van der Waals surface area contributed by atoms with Crippen molar-refractivity contribution in [3.63, 3.8) is 0 Å². The molecule has 4 rings (SSSR count). The Hall–Kier alpha value is -4.34. The summed E-state index contributed by atoms with van der Waals surface area (Å²) >= 11 is 0. The van der Waals surface area contributed by atoms with Crippen LogP contribution in [0.5, 0.6) is 0 Å². The largest absolute Gasteiger partial charge is 0.467 e. The molecular formula is C35H43N3O7. The lowest BCUT2D eigenvalue weighted by Gasteiger charge is -2.27. The van der Waals surface area contributed by atoms with Gasteiger partial charge in [0.1, 0.15) is 17.6 Å². The Labute approximate surface area is 263 Å². The number of ketones is 2. The van der Waals surface area contributed by atoms with E-state index in [4.69, 9.17) is 9.26 Å². The molecule has 45 heavy (non-hydrogen) atoms. The maximum absolute atomic E-state index is 14.0. The number of carbonyl (C=O) groups is 5. The number of fused-ring (bicyclic) bond motifs is 1. The molecule has 2 aromatic carbocycles. The van der Waals surface area contributed by atoms with Gasteiger partial charge in [0, 0.05) is 37.2 Å². The fourth-order valence-electron chi connectivity index (χ4n) is 6.11. The van der Waals surface area contributed by atoms with Gasteiger partial charge in [-0.3, -0.25) is 19.2 Å².